The molecule has 0 saturated heterocycles. The van der Waals surface area contributed by atoms with Gasteiger partial charge in [0.05, 0.1) is 11.0 Å². The Morgan fingerprint density at radius 1 is 1.00 bits per heavy atom. The zero-order valence-electron chi connectivity index (χ0n) is 11.0. The first-order valence-corrected chi connectivity index (χ1v) is 6.54. The molecule has 2 aromatic carbocycles. The van der Waals surface area contributed by atoms with E-state index in [1.54, 1.807) is 6.07 Å². The summed E-state index contributed by atoms with van der Waals surface area (Å²) in [6, 6.07) is 13.7. The molecule has 0 amide bonds. The van der Waals surface area contributed by atoms with Gasteiger partial charge in [0.2, 0.25) is 0 Å². The molecule has 0 aliphatic rings. The van der Waals surface area contributed by atoms with Crippen LogP contribution < -0.4 is 5.43 Å². The second kappa shape index (κ2) is 3.90. The minimum absolute atomic E-state index is 0.0381. The third-order valence-electron chi connectivity index (χ3n) is 3.79. The molecule has 0 fully saturated rings. The van der Waals surface area contributed by atoms with Crippen LogP contribution in [0.2, 0.25) is 0 Å². The molecule has 0 unspecified atom stereocenters. The van der Waals surface area contributed by atoms with E-state index in [2.05, 4.69) is 23.2 Å². The molecule has 0 aliphatic heterocycles. The van der Waals surface area contributed by atoms with Crippen LogP contribution in [0.15, 0.2) is 53.5 Å². The van der Waals surface area contributed by atoms with Gasteiger partial charge in [-0.1, -0.05) is 6.07 Å². The standard InChI is InChI=1S/C17H12N2O/c1-10-15(20)7-5-11-9-12-4-6-14-13(3-2-8-18-14)17(12)19-16(10)11/h2-9,18H,1H3. The van der Waals surface area contributed by atoms with Crippen LogP contribution in [0.25, 0.3) is 32.7 Å². The van der Waals surface area contributed by atoms with Crippen molar-refractivity contribution in [2.45, 2.75) is 6.92 Å². The largest absolute Gasteiger partial charge is 0.361 e. The predicted molar refractivity (Wildman–Crippen MR) is 82.1 cm³/mol. The molecule has 1 N–H and O–H groups in total. The summed E-state index contributed by atoms with van der Waals surface area (Å²) >= 11 is 0. The molecule has 3 nitrogen and oxygen atoms in total. The van der Waals surface area contributed by atoms with E-state index in [0.717, 1.165) is 32.7 Å². The van der Waals surface area contributed by atoms with E-state index in [0.29, 0.717) is 5.56 Å². The first-order chi connectivity index (χ1) is 9.74. The minimum Gasteiger partial charge on any atom is -0.361 e. The van der Waals surface area contributed by atoms with Gasteiger partial charge in [0, 0.05) is 33.4 Å². The van der Waals surface area contributed by atoms with Crippen LogP contribution in [0.1, 0.15) is 5.56 Å². The summed E-state index contributed by atoms with van der Waals surface area (Å²) in [7, 11) is 0. The molecule has 0 bridgehead atoms. The van der Waals surface area contributed by atoms with Crippen molar-refractivity contribution in [2.24, 2.45) is 0 Å². The smallest absolute Gasteiger partial charge is 0.183 e. The van der Waals surface area contributed by atoms with Gasteiger partial charge in [0.15, 0.2) is 5.43 Å². The number of nitrogens with one attached hydrogen (secondary N) is 1. The lowest BCUT2D eigenvalue weighted by Gasteiger charge is -2.06. The van der Waals surface area contributed by atoms with Crippen LogP contribution in [0, 0.1) is 6.92 Å². The molecule has 0 aliphatic carbocycles. The molecule has 0 spiro atoms. The number of rotatable bonds is 0. The van der Waals surface area contributed by atoms with Crippen molar-refractivity contribution < 1.29 is 0 Å². The van der Waals surface area contributed by atoms with Gasteiger partial charge in [-0.15, -0.1) is 0 Å². The normalized spacial score (nSPS) is 11.4. The molecule has 0 atom stereocenters. The average Bonchev–Trinajstić information content (AvgIpc) is 2.49. The van der Waals surface area contributed by atoms with E-state index < -0.39 is 0 Å². The third-order valence-corrected chi connectivity index (χ3v) is 3.79. The molecule has 4 aromatic rings. The Balaban J connectivity index is 2.28. The van der Waals surface area contributed by atoms with Crippen LogP contribution in [-0.4, -0.2) is 9.97 Å². The maximum Gasteiger partial charge on any atom is 0.183 e. The molecular weight excluding hydrogens is 248 g/mol. The summed E-state index contributed by atoms with van der Waals surface area (Å²) < 4.78 is 0. The maximum atomic E-state index is 11.8. The Kier molecular flexibility index (Phi) is 2.18. The van der Waals surface area contributed by atoms with Gasteiger partial charge >= 0.3 is 0 Å². The van der Waals surface area contributed by atoms with Gasteiger partial charge < -0.3 is 4.98 Å². The summed E-state index contributed by atoms with van der Waals surface area (Å²) in [6.45, 7) is 1.83. The lowest BCUT2D eigenvalue weighted by Crippen LogP contribution is -2.03. The van der Waals surface area contributed by atoms with Crippen molar-refractivity contribution >= 4 is 32.7 Å². The van der Waals surface area contributed by atoms with Crippen molar-refractivity contribution in [3.05, 3.63) is 64.4 Å². The highest BCUT2D eigenvalue weighted by Gasteiger charge is 2.07. The fourth-order valence-electron chi connectivity index (χ4n) is 2.69. The quantitative estimate of drug-likeness (QED) is 0.388. The van der Waals surface area contributed by atoms with E-state index in [-0.39, 0.29) is 5.43 Å². The van der Waals surface area contributed by atoms with E-state index in [1.807, 2.05) is 31.3 Å². The summed E-state index contributed by atoms with van der Waals surface area (Å²) in [6.07, 6.45) is 1.90. The molecule has 96 valence electrons. The molecule has 3 heteroatoms. The molecule has 4 rings (SSSR count). The number of aromatic nitrogens is 2. The van der Waals surface area contributed by atoms with Gasteiger partial charge in [-0.05, 0) is 43.3 Å². The Morgan fingerprint density at radius 2 is 1.80 bits per heavy atom. The molecule has 2 aromatic heterocycles. The minimum atomic E-state index is 0.0381. The number of nitrogens with zero attached hydrogens (tertiary/aromatic N) is 1. The van der Waals surface area contributed by atoms with Crippen LogP contribution in [-0.2, 0) is 0 Å². The number of fused-ring (bicyclic) bond motifs is 4. The Morgan fingerprint density at radius 3 is 2.70 bits per heavy atom. The molecular formula is C17H12N2O. The average molecular weight is 260 g/mol. The van der Waals surface area contributed by atoms with Gasteiger partial charge in [-0.3, -0.25) is 4.79 Å². The van der Waals surface area contributed by atoms with Gasteiger partial charge in [0.25, 0.3) is 0 Å². The number of hydrogen-bond acceptors (Lipinski definition) is 2. The lowest BCUT2D eigenvalue weighted by atomic mass is 10.1. The monoisotopic (exact) mass is 260 g/mol. The predicted octanol–water partition coefficient (Wildman–Crippen LogP) is 3.54. The highest BCUT2D eigenvalue weighted by atomic mass is 16.1. The van der Waals surface area contributed by atoms with Gasteiger partial charge in [-0.25, -0.2) is 4.98 Å². The highest BCUT2D eigenvalue weighted by molar-refractivity contribution is 6.07. The van der Waals surface area contributed by atoms with Crippen LogP contribution in [0.4, 0.5) is 0 Å². The van der Waals surface area contributed by atoms with Crippen LogP contribution >= 0.6 is 0 Å². The summed E-state index contributed by atoms with van der Waals surface area (Å²) in [4.78, 5) is 19.7. The summed E-state index contributed by atoms with van der Waals surface area (Å²) in [5, 5.41) is 3.17. The van der Waals surface area contributed by atoms with Crippen molar-refractivity contribution in [2.75, 3.05) is 0 Å². The first kappa shape index (κ1) is 11.2. The van der Waals surface area contributed by atoms with E-state index >= 15 is 0 Å². The SMILES string of the molecule is Cc1c(=O)ccc2cc3ccc4[nH]cccc4c3nc12. The zero-order valence-corrected chi connectivity index (χ0v) is 11.0. The number of benzene rings is 2. The Bertz CT molecular complexity index is 1030. The highest BCUT2D eigenvalue weighted by Crippen LogP contribution is 2.26. The number of hydrogen-bond donors (Lipinski definition) is 1. The van der Waals surface area contributed by atoms with Crippen LogP contribution in [0.3, 0.4) is 0 Å². The zero-order chi connectivity index (χ0) is 13.7. The Labute approximate surface area is 114 Å². The third kappa shape index (κ3) is 1.46. The lowest BCUT2D eigenvalue weighted by molar-refractivity contribution is 1.37. The van der Waals surface area contributed by atoms with Crippen molar-refractivity contribution in [1.29, 1.82) is 0 Å². The number of H-pyrrole nitrogens is 1. The van der Waals surface area contributed by atoms with Crippen molar-refractivity contribution in [1.82, 2.24) is 9.97 Å². The van der Waals surface area contributed by atoms with E-state index in [1.165, 1.54) is 0 Å². The topological polar surface area (TPSA) is 45.8 Å². The Hall–Kier alpha value is -2.68. The van der Waals surface area contributed by atoms with Gasteiger partial charge in [0.1, 0.15) is 0 Å². The second-order valence-corrected chi connectivity index (χ2v) is 5.02. The fraction of sp³-hybridized carbons (Fsp3) is 0.0588. The molecule has 20 heavy (non-hydrogen) atoms. The van der Waals surface area contributed by atoms with Crippen molar-refractivity contribution in [3.63, 3.8) is 0 Å². The fourth-order valence-corrected chi connectivity index (χ4v) is 2.69. The molecule has 0 radical (unpaired) electrons. The number of pyridine rings is 2. The summed E-state index contributed by atoms with van der Waals surface area (Å²) in [5.41, 5.74) is 3.52. The van der Waals surface area contributed by atoms with Crippen molar-refractivity contribution in [3.8, 4) is 0 Å². The molecule has 2 heterocycles. The van der Waals surface area contributed by atoms with Crippen LogP contribution in [0.5, 0.6) is 0 Å². The maximum absolute atomic E-state index is 11.8. The number of aryl methyl sites for hydroxylation is 1. The summed E-state index contributed by atoms with van der Waals surface area (Å²) in [5.74, 6) is 0. The van der Waals surface area contributed by atoms with E-state index in [9.17, 15) is 4.79 Å². The number of aromatic amines is 1. The van der Waals surface area contributed by atoms with E-state index in [4.69, 9.17) is 4.98 Å². The first-order valence-electron chi connectivity index (χ1n) is 6.54. The molecule has 0 saturated carbocycles. The van der Waals surface area contributed by atoms with Gasteiger partial charge in [-0.2, -0.15) is 0 Å². The second-order valence-electron chi connectivity index (χ2n) is 5.02.